The second kappa shape index (κ2) is 6.21. The van der Waals surface area contributed by atoms with Gasteiger partial charge in [0.05, 0.1) is 30.9 Å². The number of benzene rings is 1. The lowest BCUT2D eigenvalue weighted by molar-refractivity contribution is -0.137. The van der Waals surface area contributed by atoms with E-state index in [2.05, 4.69) is 0 Å². The minimum absolute atomic E-state index is 0.0361. The molecule has 0 bridgehead atoms. The number of aliphatic hydroxyl groups excluding tert-OH is 1. The van der Waals surface area contributed by atoms with Crippen LogP contribution in [0.15, 0.2) is 18.2 Å². The van der Waals surface area contributed by atoms with Crippen LogP contribution >= 0.6 is 0 Å². The average Bonchev–Trinajstić information content (AvgIpc) is 2.45. The highest BCUT2D eigenvalue weighted by atomic mass is 19.4. The molecule has 0 aromatic heterocycles. The summed E-state index contributed by atoms with van der Waals surface area (Å²) < 4.78 is 56.8. The number of ether oxygens (including phenoxy) is 1. The SMILES string of the molecule is C[C@@H]1CO[C@@H](CO)CN1C(=O)c1cc(F)cc(C(F)(F)F)c1. The van der Waals surface area contributed by atoms with Crippen molar-refractivity contribution < 1.29 is 32.2 Å². The van der Waals surface area contributed by atoms with Crippen LogP contribution in [0.3, 0.4) is 0 Å². The molecule has 2 rings (SSSR count). The number of alkyl halides is 3. The van der Waals surface area contributed by atoms with E-state index >= 15 is 0 Å². The number of amides is 1. The fraction of sp³-hybridized carbons (Fsp3) is 0.500. The predicted molar refractivity (Wildman–Crippen MR) is 68.7 cm³/mol. The molecule has 2 atom stereocenters. The van der Waals surface area contributed by atoms with Gasteiger partial charge in [-0.1, -0.05) is 0 Å². The number of carbonyl (C=O) groups is 1. The molecule has 1 fully saturated rings. The van der Waals surface area contributed by atoms with Gasteiger partial charge >= 0.3 is 6.18 Å². The van der Waals surface area contributed by atoms with E-state index in [1.54, 1.807) is 6.92 Å². The highest BCUT2D eigenvalue weighted by Crippen LogP contribution is 2.31. The normalized spacial score (nSPS) is 22.7. The molecule has 1 saturated heterocycles. The Balaban J connectivity index is 2.30. The van der Waals surface area contributed by atoms with Crippen LogP contribution in [-0.2, 0) is 10.9 Å². The third-order valence-corrected chi connectivity index (χ3v) is 3.44. The van der Waals surface area contributed by atoms with Crippen molar-refractivity contribution in [1.29, 1.82) is 0 Å². The van der Waals surface area contributed by atoms with Gasteiger partial charge in [0.1, 0.15) is 5.82 Å². The molecule has 1 amide bonds. The zero-order valence-corrected chi connectivity index (χ0v) is 11.7. The Kier molecular flexibility index (Phi) is 4.72. The van der Waals surface area contributed by atoms with Gasteiger partial charge in [0.15, 0.2) is 0 Å². The number of carbonyl (C=O) groups excluding carboxylic acids is 1. The van der Waals surface area contributed by atoms with Crippen LogP contribution in [0.25, 0.3) is 0 Å². The molecule has 4 nitrogen and oxygen atoms in total. The Labute approximate surface area is 124 Å². The third-order valence-electron chi connectivity index (χ3n) is 3.44. The number of hydrogen-bond acceptors (Lipinski definition) is 3. The number of nitrogens with zero attached hydrogens (tertiary/aromatic N) is 1. The summed E-state index contributed by atoms with van der Waals surface area (Å²) in [6.07, 6.45) is -5.34. The lowest BCUT2D eigenvalue weighted by Crippen LogP contribution is -2.52. The van der Waals surface area contributed by atoms with Gasteiger partial charge in [0.25, 0.3) is 5.91 Å². The van der Waals surface area contributed by atoms with Gasteiger partial charge in [-0.05, 0) is 25.1 Å². The lowest BCUT2D eigenvalue weighted by atomic mass is 10.1. The Morgan fingerprint density at radius 2 is 2.09 bits per heavy atom. The van der Waals surface area contributed by atoms with Crippen LogP contribution in [0.5, 0.6) is 0 Å². The van der Waals surface area contributed by atoms with Gasteiger partial charge in [-0.3, -0.25) is 4.79 Å². The Bertz CT molecular complexity index is 562. The molecule has 0 spiro atoms. The van der Waals surface area contributed by atoms with Crippen molar-refractivity contribution in [3.8, 4) is 0 Å². The molecule has 1 aliphatic heterocycles. The second-order valence-corrected chi connectivity index (χ2v) is 5.17. The summed E-state index contributed by atoms with van der Waals surface area (Å²) in [5.74, 6) is -1.85. The summed E-state index contributed by atoms with van der Waals surface area (Å²) in [5.41, 5.74) is -1.59. The molecule has 1 aliphatic rings. The molecule has 122 valence electrons. The summed E-state index contributed by atoms with van der Waals surface area (Å²) in [6, 6.07) is 1.36. The Hall–Kier alpha value is -1.67. The highest BCUT2D eigenvalue weighted by molar-refractivity contribution is 5.94. The summed E-state index contributed by atoms with van der Waals surface area (Å²) in [6.45, 7) is 1.54. The van der Waals surface area contributed by atoms with Crippen molar-refractivity contribution in [2.45, 2.75) is 25.2 Å². The fourth-order valence-electron chi connectivity index (χ4n) is 2.25. The average molecular weight is 321 g/mol. The molecule has 1 aromatic carbocycles. The van der Waals surface area contributed by atoms with Crippen LogP contribution in [0.1, 0.15) is 22.8 Å². The zero-order chi connectivity index (χ0) is 16.5. The van der Waals surface area contributed by atoms with E-state index in [4.69, 9.17) is 9.84 Å². The van der Waals surface area contributed by atoms with Gasteiger partial charge in [0.2, 0.25) is 0 Å². The molecular formula is C14H15F4NO3. The molecule has 0 aliphatic carbocycles. The summed E-state index contributed by atoms with van der Waals surface area (Å²) >= 11 is 0. The van der Waals surface area contributed by atoms with Gasteiger partial charge < -0.3 is 14.7 Å². The maximum absolute atomic E-state index is 13.4. The van der Waals surface area contributed by atoms with Crippen LogP contribution in [0, 0.1) is 5.82 Å². The summed E-state index contributed by atoms with van der Waals surface area (Å²) in [7, 11) is 0. The van der Waals surface area contributed by atoms with Crippen LogP contribution in [-0.4, -0.2) is 47.8 Å². The first-order chi connectivity index (χ1) is 10.2. The molecule has 0 unspecified atom stereocenters. The van der Waals surface area contributed by atoms with Crippen molar-refractivity contribution in [3.05, 3.63) is 35.1 Å². The highest BCUT2D eigenvalue weighted by Gasteiger charge is 2.34. The quantitative estimate of drug-likeness (QED) is 0.849. The van der Waals surface area contributed by atoms with Crippen molar-refractivity contribution in [3.63, 3.8) is 0 Å². The maximum Gasteiger partial charge on any atom is 0.416 e. The molecule has 0 saturated carbocycles. The first-order valence-corrected chi connectivity index (χ1v) is 6.63. The van der Waals surface area contributed by atoms with Crippen LogP contribution in [0.4, 0.5) is 17.6 Å². The van der Waals surface area contributed by atoms with E-state index in [1.165, 1.54) is 4.90 Å². The van der Waals surface area contributed by atoms with E-state index in [0.717, 1.165) is 6.07 Å². The molecule has 8 heteroatoms. The standard InChI is InChI=1S/C14H15F4NO3/c1-8-7-22-12(6-20)5-19(8)13(21)9-2-10(14(16,17)18)4-11(15)3-9/h2-4,8,12,20H,5-7H2,1H3/t8-,12-/m1/s1. The van der Waals surface area contributed by atoms with E-state index in [-0.39, 0.29) is 31.4 Å². The number of halogens is 4. The second-order valence-electron chi connectivity index (χ2n) is 5.17. The van der Waals surface area contributed by atoms with Gasteiger partial charge in [-0.2, -0.15) is 13.2 Å². The smallest absolute Gasteiger partial charge is 0.394 e. The third kappa shape index (κ3) is 3.56. The van der Waals surface area contributed by atoms with Crippen molar-refractivity contribution in [2.75, 3.05) is 19.8 Å². The molecule has 1 heterocycles. The first-order valence-electron chi connectivity index (χ1n) is 6.63. The number of hydrogen-bond donors (Lipinski definition) is 1. The number of aliphatic hydroxyl groups is 1. The van der Waals surface area contributed by atoms with E-state index in [0.29, 0.717) is 12.1 Å². The number of rotatable bonds is 2. The zero-order valence-electron chi connectivity index (χ0n) is 11.7. The number of morpholine rings is 1. The van der Waals surface area contributed by atoms with E-state index in [9.17, 15) is 22.4 Å². The van der Waals surface area contributed by atoms with Gasteiger partial charge in [-0.15, -0.1) is 0 Å². The topological polar surface area (TPSA) is 49.8 Å². The first kappa shape index (κ1) is 16.7. The van der Waals surface area contributed by atoms with Gasteiger partial charge in [0, 0.05) is 12.1 Å². The maximum atomic E-state index is 13.4. The molecule has 1 N–H and O–H groups in total. The Morgan fingerprint density at radius 3 is 2.68 bits per heavy atom. The largest absolute Gasteiger partial charge is 0.416 e. The van der Waals surface area contributed by atoms with E-state index < -0.39 is 29.6 Å². The van der Waals surface area contributed by atoms with Gasteiger partial charge in [-0.25, -0.2) is 4.39 Å². The summed E-state index contributed by atoms with van der Waals surface area (Å²) in [4.78, 5) is 13.6. The summed E-state index contributed by atoms with van der Waals surface area (Å²) in [5, 5.41) is 9.07. The van der Waals surface area contributed by atoms with Crippen LogP contribution < -0.4 is 0 Å². The van der Waals surface area contributed by atoms with Crippen LogP contribution in [0.2, 0.25) is 0 Å². The van der Waals surface area contributed by atoms with E-state index in [1.807, 2.05) is 0 Å². The van der Waals surface area contributed by atoms with Crippen molar-refractivity contribution in [2.24, 2.45) is 0 Å². The molecular weight excluding hydrogens is 306 g/mol. The van der Waals surface area contributed by atoms with Crippen molar-refractivity contribution >= 4 is 5.91 Å². The predicted octanol–water partition coefficient (Wildman–Crippen LogP) is 2.07. The van der Waals surface area contributed by atoms with Crippen molar-refractivity contribution in [1.82, 2.24) is 4.90 Å². The minimum atomic E-state index is -4.73. The lowest BCUT2D eigenvalue weighted by Gasteiger charge is -2.37. The monoisotopic (exact) mass is 321 g/mol. The molecule has 1 aromatic rings. The minimum Gasteiger partial charge on any atom is -0.394 e. The Morgan fingerprint density at radius 1 is 1.41 bits per heavy atom. The fourth-order valence-corrected chi connectivity index (χ4v) is 2.25. The molecule has 0 radical (unpaired) electrons. The molecule has 22 heavy (non-hydrogen) atoms.